The Kier molecular flexibility index (Phi) is 8.44. The molecule has 0 aromatic heterocycles. The van der Waals surface area contributed by atoms with Gasteiger partial charge in [0.1, 0.15) is 11.8 Å². The van der Waals surface area contributed by atoms with E-state index < -0.39 is 22.0 Å². The van der Waals surface area contributed by atoms with Crippen LogP contribution in [0.3, 0.4) is 0 Å². The number of rotatable bonds is 10. The number of nitrogens with one attached hydrogen (secondary N) is 1. The van der Waals surface area contributed by atoms with E-state index in [1.165, 1.54) is 20.2 Å². The van der Waals surface area contributed by atoms with Gasteiger partial charge in [0.25, 0.3) is 5.91 Å². The van der Waals surface area contributed by atoms with Gasteiger partial charge in [0.15, 0.2) is 0 Å². The molecule has 1 N–H and O–H groups in total. The Hall–Kier alpha value is -3.07. The van der Waals surface area contributed by atoms with Gasteiger partial charge in [-0.15, -0.1) is 0 Å². The lowest BCUT2D eigenvalue weighted by atomic mass is 10.2. The van der Waals surface area contributed by atoms with Crippen LogP contribution in [0.25, 0.3) is 0 Å². The Morgan fingerprint density at radius 3 is 2.10 bits per heavy atom. The number of methoxy groups -OCH3 is 1. The minimum Gasteiger partial charge on any atom is -0.497 e. The van der Waals surface area contributed by atoms with Gasteiger partial charge in [-0.05, 0) is 62.7 Å². The molecular formula is C22H30N4O4S. The fraction of sp³-hybridized carbons (Fsp3) is 0.364. The Balaban J connectivity index is 2.09. The summed E-state index contributed by atoms with van der Waals surface area (Å²) in [5, 5.41) is 3.98. The van der Waals surface area contributed by atoms with Gasteiger partial charge in [-0.25, -0.2) is 13.8 Å². The lowest BCUT2D eigenvalue weighted by molar-refractivity contribution is -0.121. The van der Waals surface area contributed by atoms with Crippen LogP contribution in [0.5, 0.6) is 5.75 Å². The highest BCUT2D eigenvalue weighted by molar-refractivity contribution is 7.92. The molecule has 0 radical (unpaired) electrons. The Labute approximate surface area is 184 Å². The minimum absolute atomic E-state index is 0.363. The standard InChI is InChI=1S/C22H30N4O4S/c1-6-25(7-2)19-10-8-18(9-11-19)16-23-24-22(27)17(3)26(31(5,28)29)20-12-14-21(30-4)15-13-20/h8-17H,6-7H2,1-5H3,(H,24,27)/b23-16-/t17-/m0/s1. The number of hydrogen-bond donors (Lipinski definition) is 1. The van der Waals surface area contributed by atoms with Gasteiger partial charge in [-0.1, -0.05) is 12.1 Å². The fourth-order valence-electron chi connectivity index (χ4n) is 3.16. The second-order valence-electron chi connectivity index (χ2n) is 6.93. The number of hydrazone groups is 1. The van der Waals surface area contributed by atoms with Crippen LogP contribution >= 0.6 is 0 Å². The van der Waals surface area contributed by atoms with Crippen LogP contribution in [0.2, 0.25) is 0 Å². The van der Waals surface area contributed by atoms with Gasteiger partial charge >= 0.3 is 0 Å². The summed E-state index contributed by atoms with van der Waals surface area (Å²) in [6.45, 7) is 7.55. The molecule has 31 heavy (non-hydrogen) atoms. The van der Waals surface area contributed by atoms with Gasteiger partial charge in [0.05, 0.1) is 25.3 Å². The average Bonchev–Trinajstić information content (AvgIpc) is 2.75. The summed E-state index contributed by atoms with van der Waals surface area (Å²) in [5.41, 5.74) is 4.72. The molecule has 9 heteroatoms. The summed E-state index contributed by atoms with van der Waals surface area (Å²) < 4.78 is 30.8. The van der Waals surface area contributed by atoms with Crippen molar-refractivity contribution >= 4 is 33.5 Å². The van der Waals surface area contributed by atoms with E-state index in [-0.39, 0.29) is 0 Å². The summed E-state index contributed by atoms with van der Waals surface area (Å²) in [4.78, 5) is 14.8. The third-order valence-electron chi connectivity index (χ3n) is 4.83. The largest absolute Gasteiger partial charge is 0.497 e. The maximum Gasteiger partial charge on any atom is 0.263 e. The van der Waals surface area contributed by atoms with Gasteiger partial charge in [-0.2, -0.15) is 5.10 Å². The number of carbonyl (C=O) groups excluding carboxylic acids is 1. The maximum atomic E-state index is 12.6. The molecule has 2 rings (SSSR count). The van der Waals surface area contributed by atoms with Crippen molar-refractivity contribution in [3.05, 3.63) is 54.1 Å². The molecule has 1 atom stereocenters. The van der Waals surface area contributed by atoms with Crippen molar-refractivity contribution in [2.45, 2.75) is 26.8 Å². The summed E-state index contributed by atoms with van der Waals surface area (Å²) in [6.07, 6.45) is 2.58. The van der Waals surface area contributed by atoms with E-state index in [0.29, 0.717) is 11.4 Å². The predicted molar refractivity (Wildman–Crippen MR) is 126 cm³/mol. The van der Waals surface area contributed by atoms with Crippen molar-refractivity contribution in [2.75, 3.05) is 35.7 Å². The zero-order valence-corrected chi connectivity index (χ0v) is 19.4. The monoisotopic (exact) mass is 446 g/mol. The number of hydrogen-bond acceptors (Lipinski definition) is 6. The van der Waals surface area contributed by atoms with E-state index in [0.717, 1.165) is 34.9 Å². The Morgan fingerprint density at radius 2 is 1.61 bits per heavy atom. The Bertz CT molecular complexity index is 985. The van der Waals surface area contributed by atoms with Crippen LogP contribution in [-0.2, 0) is 14.8 Å². The summed E-state index contributed by atoms with van der Waals surface area (Å²) in [6, 6.07) is 13.3. The molecule has 8 nitrogen and oxygen atoms in total. The van der Waals surface area contributed by atoms with Gasteiger partial charge in [0, 0.05) is 18.8 Å². The van der Waals surface area contributed by atoms with E-state index in [4.69, 9.17) is 4.74 Å². The highest BCUT2D eigenvalue weighted by Gasteiger charge is 2.29. The molecule has 0 aliphatic rings. The summed E-state index contributed by atoms with van der Waals surface area (Å²) in [5.74, 6) is 0.0446. The number of ether oxygens (including phenoxy) is 1. The zero-order chi connectivity index (χ0) is 23.0. The van der Waals surface area contributed by atoms with Crippen LogP contribution in [0.15, 0.2) is 53.6 Å². The third-order valence-corrected chi connectivity index (χ3v) is 6.07. The molecule has 168 valence electrons. The van der Waals surface area contributed by atoms with Crippen LogP contribution < -0.4 is 19.4 Å². The van der Waals surface area contributed by atoms with Crippen molar-refractivity contribution in [1.82, 2.24) is 5.43 Å². The molecule has 0 saturated heterocycles. The minimum atomic E-state index is -3.70. The molecule has 2 aromatic carbocycles. The second kappa shape index (κ2) is 10.8. The summed E-state index contributed by atoms with van der Waals surface area (Å²) >= 11 is 0. The number of carbonyl (C=O) groups is 1. The molecule has 0 bridgehead atoms. The second-order valence-corrected chi connectivity index (χ2v) is 8.79. The van der Waals surface area contributed by atoms with Gasteiger partial charge < -0.3 is 9.64 Å². The molecule has 0 heterocycles. The van der Waals surface area contributed by atoms with Crippen molar-refractivity contribution in [2.24, 2.45) is 5.10 Å². The quantitative estimate of drug-likeness (QED) is 0.448. The van der Waals surface area contributed by atoms with Crippen molar-refractivity contribution in [1.29, 1.82) is 0 Å². The van der Waals surface area contributed by atoms with Crippen LogP contribution in [0, 0.1) is 0 Å². The van der Waals surface area contributed by atoms with E-state index >= 15 is 0 Å². The number of benzene rings is 2. The SMILES string of the molecule is CCN(CC)c1ccc(/C=N\NC(=O)[C@H](C)N(c2ccc(OC)cc2)S(C)(=O)=O)cc1. The van der Waals surface area contributed by atoms with Gasteiger partial charge in [-0.3, -0.25) is 9.10 Å². The number of anilines is 2. The Morgan fingerprint density at radius 1 is 1.06 bits per heavy atom. The fourth-order valence-corrected chi connectivity index (χ4v) is 4.34. The molecular weight excluding hydrogens is 416 g/mol. The maximum absolute atomic E-state index is 12.6. The van der Waals surface area contributed by atoms with Crippen LogP contribution in [0.1, 0.15) is 26.3 Å². The topological polar surface area (TPSA) is 91.3 Å². The first-order valence-electron chi connectivity index (χ1n) is 10.0. The number of sulfonamides is 1. The molecule has 0 spiro atoms. The highest BCUT2D eigenvalue weighted by atomic mass is 32.2. The van der Waals surface area contributed by atoms with Crippen LogP contribution in [0.4, 0.5) is 11.4 Å². The molecule has 0 fully saturated rings. The molecule has 0 saturated carbocycles. The van der Waals surface area contributed by atoms with Crippen LogP contribution in [-0.4, -0.2) is 53.0 Å². The number of nitrogens with zero attached hydrogens (tertiary/aromatic N) is 3. The smallest absolute Gasteiger partial charge is 0.263 e. The number of amides is 1. The molecule has 2 aromatic rings. The third kappa shape index (κ3) is 6.45. The predicted octanol–water partition coefficient (Wildman–Crippen LogP) is 2.85. The molecule has 0 aliphatic carbocycles. The average molecular weight is 447 g/mol. The lowest BCUT2D eigenvalue weighted by Crippen LogP contribution is -2.46. The van der Waals surface area contributed by atoms with E-state index in [2.05, 4.69) is 29.3 Å². The first-order chi connectivity index (χ1) is 14.7. The lowest BCUT2D eigenvalue weighted by Gasteiger charge is -2.27. The van der Waals surface area contributed by atoms with E-state index in [1.54, 1.807) is 24.3 Å². The highest BCUT2D eigenvalue weighted by Crippen LogP contribution is 2.23. The van der Waals surface area contributed by atoms with Crippen molar-refractivity contribution in [3.8, 4) is 5.75 Å². The van der Waals surface area contributed by atoms with E-state index in [9.17, 15) is 13.2 Å². The molecule has 1 amide bonds. The van der Waals surface area contributed by atoms with Gasteiger partial charge in [0.2, 0.25) is 10.0 Å². The first kappa shape index (κ1) is 24.2. The van der Waals surface area contributed by atoms with E-state index in [1.807, 2.05) is 24.3 Å². The van der Waals surface area contributed by atoms with Crippen molar-refractivity contribution < 1.29 is 17.9 Å². The molecule has 0 aliphatic heterocycles. The molecule has 0 unspecified atom stereocenters. The summed E-state index contributed by atoms with van der Waals surface area (Å²) in [7, 11) is -2.18. The normalized spacial score (nSPS) is 12.4. The zero-order valence-electron chi connectivity index (χ0n) is 18.6. The first-order valence-corrected chi connectivity index (χ1v) is 11.9. The van der Waals surface area contributed by atoms with Crippen molar-refractivity contribution in [3.63, 3.8) is 0 Å².